The first-order chi connectivity index (χ1) is 7.68. The zero-order chi connectivity index (χ0) is 11.5. The van der Waals surface area contributed by atoms with Crippen LogP contribution in [0.3, 0.4) is 0 Å². The molecule has 2 aromatic heterocycles. The van der Waals surface area contributed by atoms with Gasteiger partial charge in [0.1, 0.15) is 11.8 Å². The molecule has 2 aromatic rings. The lowest BCUT2D eigenvalue weighted by Gasteiger charge is -2.07. The lowest BCUT2D eigenvalue weighted by molar-refractivity contribution is 0.607. The third-order valence-corrected chi connectivity index (χ3v) is 2.53. The number of hydrogen-bond acceptors (Lipinski definition) is 4. The average molecular weight is 219 g/mol. The molecule has 0 radical (unpaired) electrons. The molecule has 0 unspecified atom stereocenters. The van der Waals surface area contributed by atoms with Crippen LogP contribution in [-0.2, 0) is 0 Å². The van der Waals surface area contributed by atoms with Crippen molar-refractivity contribution in [2.45, 2.75) is 27.2 Å². The molecule has 0 saturated carbocycles. The number of aromatic amines is 1. The molecule has 2 N–H and O–H groups in total. The Morgan fingerprint density at radius 1 is 1.31 bits per heavy atom. The average Bonchev–Trinajstić information content (AvgIpc) is 2.61. The molecule has 5 heteroatoms. The minimum Gasteiger partial charge on any atom is -0.368 e. The van der Waals surface area contributed by atoms with E-state index in [1.54, 1.807) is 6.33 Å². The van der Waals surface area contributed by atoms with Crippen molar-refractivity contribution in [2.24, 2.45) is 5.92 Å². The van der Waals surface area contributed by atoms with Gasteiger partial charge in [0.05, 0.1) is 5.69 Å². The van der Waals surface area contributed by atoms with Crippen LogP contribution in [0, 0.1) is 12.8 Å². The van der Waals surface area contributed by atoms with E-state index in [0.717, 1.165) is 35.5 Å². The van der Waals surface area contributed by atoms with Crippen LogP contribution in [0.2, 0.25) is 0 Å². The van der Waals surface area contributed by atoms with Gasteiger partial charge < -0.3 is 5.32 Å². The largest absolute Gasteiger partial charge is 0.368 e. The van der Waals surface area contributed by atoms with Crippen LogP contribution in [-0.4, -0.2) is 26.7 Å². The highest BCUT2D eigenvalue weighted by molar-refractivity contribution is 5.86. The van der Waals surface area contributed by atoms with E-state index < -0.39 is 0 Å². The number of aromatic nitrogens is 4. The number of nitrogens with one attached hydrogen (secondary N) is 2. The summed E-state index contributed by atoms with van der Waals surface area (Å²) in [4.78, 5) is 8.41. The van der Waals surface area contributed by atoms with Gasteiger partial charge in [-0.05, 0) is 19.3 Å². The van der Waals surface area contributed by atoms with Crippen molar-refractivity contribution in [2.75, 3.05) is 11.9 Å². The van der Waals surface area contributed by atoms with Crippen molar-refractivity contribution in [3.63, 3.8) is 0 Å². The van der Waals surface area contributed by atoms with Crippen LogP contribution >= 0.6 is 0 Å². The smallest absolute Gasteiger partial charge is 0.157 e. The quantitative estimate of drug-likeness (QED) is 0.826. The van der Waals surface area contributed by atoms with Crippen molar-refractivity contribution >= 4 is 16.9 Å². The molecule has 5 nitrogen and oxygen atoms in total. The highest BCUT2D eigenvalue weighted by atomic mass is 15.2. The monoisotopic (exact) mass is 219 g/mol. The normalized spacial score (nSPS) is 11.2. The summed E-state index contributed by atoms with van der Waals surface area (Å²) in [5.74, 6) is 1.50. The Morgan fingerprint density at radius 3 is 2.88 bits per heavy atom. The molecule has 0 aliphatic carbocycles. The molecule has 0 spiro atoms. The van der Waals surface area contributed by atoms with Crippen molar-refractivity contribution in [1.82, 2.24) is 20.2 Å². The molecule has 0 bridgehead atoms. The Kier molecular flexibility index (Phi) is 3.03. The van der Waals surface area contributed by atoms with Crippen molar-refractivity contribution in [3.8, 4) is 0 Å². The maximum atomic E-state index is 4.21. The fourth-order valence-electron chi connectivity index (χ4n) is 1.56. The summed E-state index contributed by atoms with van der Waals surface area (Å²) in [5.41, 5.74) is 2.69. The van der Waals surface area contributed by atoms with Gasteiger partial charge in [-0.3, -0.25) is 5.10 Å². The fraction of sp³-hybridized carbons (Fsp3) is 0.545. The van der Waals surface area contributed by atoms with E-state index >= 15 is 0 Å². The van der Waals surface area contributed by atoms with Crippen LogP contribution in [0.15, 0.2) is 6.33 Å². The molecule has 2 heterocycles. The first-order valence-corrected chi connectivity index (χ1v) is 5.58. The van der Waals surface area contributed by atoms with E-state index in [9.17, 15) is 0 Å². The van der Waals surface area contributed by atoms with Gasteiger partial charge in [0.2, 0.25) is 0 Å². The zero-order valence-corrected chi connectivity index (χ0v) is 9.91. The number of H-pyrrole nitrogens is 1. The Balaban J connectivity index is 2.17. The summed E-state index contributed by atoms with van der Waals surface area (Å²) in [6.45, 7) is 7.28. The van der Waals surface area contributed by atoms with Crippen LogP contribution in [0.25, 0.3) is 11.0 Å². The third kappa shape index (κ3) is 2.13. The van der Waals surface area contributed by atoms with Crippen molar-refractivity contribution in [1.29, 1.82) is 0 Å². The topological polar surface area (TPSA) is 66.5 Å². The number of hydrogen-bond donors (Lipinski definition) is 2. The van der Waals surface area contributed by atoms with E-state index in [2.05, 4.69) is 39.3 Å². The maximum Gasteiger partial charge on any atom is 0.157 e. The van der Waals surface area contributed by atoms with Crippen molar-refractivity contribution < 1.29 is 0 Å². The summed E-state index contributed by atoms with van der Waals surface area (Å²) in [6.07, 6.45) is 2.69. The molecule has 0 aliphatic heterocycles. The highest BCUT2D eigenvalue weighted by Crippen LogP contribution is 2.18. The molecule has 0 amide bonds. The molecule has 0 aromatic carbocycles. The summed E-state index contributed by atoms with van der Waals surface area (Å²) >= 11 is 0. The SMILES string of the molecule is Cc1[nH]nc2c(NCCC(C)C)ncnc12. The van der Waals surface area contributed by atoms with E-state index in [1.165, 1.54) is 0 Å². The summed E-state index contributed by atoms with van der Waals surface area (Å²) in [7, 11) is 0. The standard InChI is InChI=1S/C11H17N5/c1-7(2)4-5-12-11-10-9(13-6-14-11)8(3)15-16-10/h6-7H,4-5H2,1-3H3,(H,15,16)(H,12,13,14). The Bertz CT molecular complexity index is 474. The second kappa shape index (κ2) is 4.47. The molecule has 0 aliphatic rings. The van der Waals surface area contributed by atoms with Gasteiger partial charge in [0.15, 0.2) is 11.3 Å². The molecule has 0 atom stereocenters. The Hall–Kier alpha value is -1.65. The minimum absolute atomic E-state index is 0.686. The first-order valence-electron chi connectivity index (χ1n) is 5.58. The number of fused-ring (bicyclic) bond motifs is 1. The van der Waals surface area contributed by atoms with Gasteiger partial charge in [-0.15, -0.1) is 0 Å². The molecule has 16 heavy (non-hydrogen) atoms. The van der Waals surface area contributed by atoms with E-state index in [4.69, 9.17) is 0 Å². The molecule has 2 rings (SSSR count). The number of aryl methyl sites for hydroxylation is 1. The molecule has 0 fully saturated rings. The van der Waals surface area contributed by atoms with Gasteiger partial charge in [0, 0.05) is 6.54 Å². The maximum absolute atomic E-state index is 4.21. The van der Waals surface area contributed by atoms with Gasteiger partial charge in [0.25, 0.3) is 0 Å². The van der Waals surface area contributed by atoms with Gasteiger partial charge in [-0.1, -0.05) is 13.8 Å². The first kappa shape index (κ1) is 10.9. The number of anilines is 1. The molecular formula is C11H17N5. The summed E-state index contributed by atoms with van der Waals surface area (Å²) < 4.78 is 0. The molecule has 86 valence electrons. The van der Waals surface area contributed by atoms with E-state index in [0.29, 0.717) is 5.92 Å². The zero-order valence-electron chi connectivity index (χ0n) is 9.91. The lowest BCUT2D eigenvalue weighted by Crippen LogP contribution is -2.06. The highest BCUT2D eigenvalue weighted by Gasteiger charge is 2.08. The van der Waals surface area contributed by atoms with Gasteiger partial charge in [-0.25, -0.2) is 9.97 Å². The minimum atomic E-state index is 0.686. The van der Waals surface area contributed by atoms with E-state index in [1.807, 2.05) is 6.92 Å². The summed E-state index contributed by atoms with van der Waals surface area (Å²) in [5, 5.41) is 10.4. The predicted molar refractivity (Wildman–Crippen MR) is 64.4 cm³/mol. The van der Waals surface area contributed by atoms with E-state index in [-0.39, 0.29) is 0 Å². The van der Waals surface area contributed by atoms with Crippen LogP contribution in [0.5, 0.6) is 0 Å². The predicted octanol–water partition coefficient (Wildman–Crippen LogP) is 2.12. The van der Waals surface area contributed by atoms with Crippen LogP contribution in [0.4, 0.5) is 5.82 Å². The lowest BCUT2D eigenvalue weighted by atomic mass is 10.1. The molecular weight excluding hydrogens is 202 g/mol. The second-order valence-electron chi connectivity index (χ2n) is 4.38. The van der Waals surface area contributed by atoms with Gasteiger partial charge in [-0.2, -0.15) is 5.10 Å². The second-order valence-corrected chi connectivity index (χ2v) is 4.38. The summed E-state index contributed by atoms with van der Waals surface area (Å²) in [6, 6.07) is 0. The number of rotatable bonds is 4. The third-order valence-electron chi connectivity index (χ3n) is 2.53. The van der Waals surface area contributed by atoms with Crippen LogP contribution < -0.4 is 5.32 Å². The number of nitrogens with zero attached hydrogens (tertiary/aromatic N) is 3. The fourth-order valence-corrected chi connectivity index (χ4v) is 1.56. The van der Waals surface area contributed by atoms with Crippen molar-refractivity contribution in [3.05, 3.63) is 12.0 Å². The Morgan fingerprint density at radius 2 is 2.12 bits per heavy atom. The molecule has 0 saturated heterocycles. The Labute approximate surface area is 94.7 Å². The van der Waals surface area contributed by atoms with Crippen LogP contribution in [0.1, 0.15) is 26.0 Å². The van der Waals surface area contributed by atoms with Gasteiger partial charge >= 0.3 is 0 Å².